The highest BCUT2D eigenvalue weighted by molar-refractivity contribution is 7.89. The van der Waals surface area contributed by atoms with Gasteiger partial charge in [-0.2, -0.15) is 4.31 Å². The van der Waals surface area contributed by atoms with Gasteiger partial charge in [-0.25, -0.2) is 8.42 Å². The zero-order chi connectivity index (χ0) is 19.2. The van der Waals surface area contributed by atoms with Gasteiger partial charge in [-0.05, 0) is 37.1 Å². The standard InChI is InChI=1S/C20H28N2O3S/c1-4-15-22(16-5-2)20(23)17-11-13-19(14-12-17)26(24,25)21(3)18-9-7-6-8-10-18/h4-5,11-14,18H,1-2,6-10,15-16H2,3H3. The van der Waals surface area contributed by atoms with E-state index < -0.39 is 10.0 Å². The number of nitrogens with zero attached hydrogens (tertiary/aromatic N) is 2. The van der Waals surface area contributed by atoms with Crippen molar-refractivity contribution in [3.63, 3.8) is 0 Å². The van der Waals surface area contributed by atoms with E-state index in [1.54, 1.807) is 36.2 Å². The molecule has 0 spiro atoms. The van der Waals surface area contributed by atoms with Crippen molar-refractivity contribution in [1.82, 2.24) is 9.21 Å². The number of amides is 1. The van der Waals surface area contributed by atoms with E-state index in [1.165, 1.54) is 22.9 Å². The van der Waals surface area contributed by atoms with Gasteiger partial charge in [-0.1, -0.05) is 31.4 Å². The first kappa shape index (κ1) is 20.4. The van der Waals surface area contributed by atoms with Crippen molar-refractivity contribution in [3.05, 3.63) is 55.1 Å². The van der Waals surface area contributed by atoms with Crippen LogP contribution in [0.15, 0.2) is 54.5 Å². The van der Waals surface area contributed by atoms with E-state index in [2.05, 4.69) is 13.2 Å². The highest BCUT2D eigenvalue weighted by atomic mass is 32.2. The maximum atomic E-state index is 12.9. The zero-order valence-corrected chi connectivity index (χ0v) is 16.2. The van der Waals surface area contributed by atoms with Gasteiger partial charge in [0.2, 0.25) is 10.0 Å². The molecule has 142 valence electrons. The van der Waals surface area contributed by atoms with Crippen LogP contribution in [-0.4, -0.2) is 49.7 Å². The molecule has 2 rings (SSSR count). The summed E-state index contributed by atoms with van der Waals surface area (Å²) in [6.07, 6.45) is 8.43. The number of carbonyl (C=O) groups is 1. The third-order valence-electron chi connectivity index (χ3n) is 4.85. The first-order valence-electron chi connectivity index (χ1n) is 9.01. The van der Waals surface area contributed by atoms with Crippen LogP contribution in [0.5, 0.6) is 0 Å². The number of sulfonamides is 1. The number of rotatable bonds is 8. The van der Waals surface area contributed by atoms with Crippen molar-refractivity contribution in [2.75, 3.05) is 20.1 Å². The third-order valence-corrected chi connectivity index (χ3v) is 6.78. The Bertz CT molecular complexity index is 725. The molecule has 0 aromatic heterocycles. The summed E-state index contributed by atoms with van der Waals surface area (Å²) in [5, 5.41) is 0. The van der Waals surface area contributed by atoms with Crippen LogP contribution in [0.25, 0.3) is 0 Å². The summed E-state index contributed by atoms with van der Waals surface area (Å²) >= 11 is 0. The Morgan fingerprint density at radius 2 is 1.62 bits per heavy atom. The average molecular weight is 377 g/mol. The van der Waals surface area contributed by atoms with E-state index >= 15 is 0 Å². The molecule has 1 aromatic carbocycles. The second kappa shape index (κ2) is 9.14. The Hall–Kier alpha value is -1.92. The Morgan fingerprint density at radius 1 is 1.08 bits per heavy atom. The second-order valence-corrected chi connectivity index (χ2v) is 8.62. The quantitative estimate of drug-likeness (QED) is 0.653. The monoisotopic (exact) mass is 376 g/mol. The van der Waals surface area contributed by atoms with Crippen LogP contribution in [-0.2, 0) is 10.0 Å². The van der Waals surface area contributed by atoms with Crippen molar-refractivity contribution in [2.24, 2.45) is 0 Å². The SMILES string of the molecule is C=CCN(CC=C)C(=O)c1ccc(S(=O)(=O)N(C)C2CCCCC2)cc1. The lowest BCUT2D eigenvalue weighted by Gasteiger charge is -2.30. The molecular formula is C20H28N2O3S. The maximum absolute atomic E-state index is 12.9. The van der Waals surface area contributed by atoms with E-state index in [0.717, 1.165) is 25.7 Å². The summed E-state index contributed by atoms with van der Waals surface area (Å²) in [5.74, 6) is -0.172. The Balaban J connectivity index is 2.18. The van der Waals surface area contributed by atoms with E-state index in [1.807, 2.05) is 0 Å². The fourth-order valence-electron chi connectivity index (χ4n) is 3.31. The van der Waals surface area contributed by atoms with Gasteiger partial charge in [0.25, 0.3) is 5.91 Å². The first-order chi connectivity index (χ1) is 12.4. The molecule has 1 aliphatic rings. The van der Waals surface area contributed by atoms with Gasteiger partial charge >= 0.3 is 0 Å². The number of benzene rings is 1. The summed E-state index contributed by atoms with van der Waals surface area (Å²) in [6.45, 7) is 8.14. The van der Waals surface area contributed by atoms with E-state index in [9.17, 15) is 13.2 Å². The lowest BCUT2D eigenvalue weighted by molar-refractivity contribution is 0.0790. The second-order valence-electron chi connectivity index (χ2n) is 6.62. The lowest BCUT2D eigenvalue weighted by Crippen LogP contribution is -2.38. The van der Waals surface area contributed by atoms with Crippen LogP contribution < -0.4 is 0 Å². The largest absolute Gasteiger partial charge is 0.331 e. The van der Waals surface area contributed by atoms with Gasteiger partial charge in [0.05, 0.1) is 4.90 Å². The fourth-order valence-corrected chi connectivity index (χ4v) is 4.73. The van der Waals surface area contributed by atoms with Crippen LogP contribution in [0.4, 0.5) is 0 Å². The molecule has 0 unspecified atom stereocenters. The van der Waals surface area contributed by atoms with Crippen LogP contribution in [0.3, 0.4) is 0 Å². The highest BCUT2D eigenvalue weighted by Crippen LogP contribution is 2.26. The molecule has 1 saturated carbocycles. The zero-order valence-electron chi connectivity index (χ0n) is 15.4. The molecule has 26 heavy (non-hydrogen) atoms. The van der Waals surface area contributed by atoms with Crippen molar-refractivity contribution >= 4 is 15.9 Å². The third kappa shape index (κ3) is 4.62. The molecule has 1 aromatic rings. The average Bonchev–Trinajstić information content (AvgIpc) is 2.67. The lowest BCUT2D eigenvalue weighted by atomic mass is 9.96. The van der Waals surface area contributed by atoms with E-state index in [-0.39, 0.29) is 16.8 Å². The number of hydrogen-bond donors (Lipinski definition) is 0. The van der Waals surface area contributed by atoms with E-state index in [0.29, 0.717) is 18.7 Å². The molecule has 1 aliphatic carbocycles. The van der Waals surface area contributed by atoms with Crippen molar-refractivity contribution < 1.29 is 13.2 Å². The summed E-state index contributed by atoms with van der Waals surface area (Å²) < 4.78 is 27.2. The van der Waals surface area contributed by atoms with Crippen LogP contribution in [0.2, 0.25) is 0 Å². The first-order valence-corrected chi connectivity index (χ1v) is 10.4. The van der Waals surface area contributed by atoms with Crippen molar-refractivity contribution in [3.8, 4) is 0 Å². The molecule has 0 bridgehead atoms. The predicted octanol–water partition coefficient (Wildman–Crippen LogP) is 3.45. The van der Waals surface area contributed by atoms with Gasteiger partial charge in [0.15, 0.2) is 0 Å². The normalized spacial score (nSPS) is 15.6. The van der Waals surface area contributed by atoms with Gasteiger partial charge in [0.1, 0.15) is 0 Å². The minimum Gasteiger partial charge on any atom is -0.331 e. The summed E-state index contributed by atoms with van der Waals surface area (Å²) in [5.41, 5.74) is 0.452. The molecule has 6 heteroatoms. The van der Waals surface area contributed by atoms with Crippen LogP contribution in [0, 0.1) is 0 Å². The summed E-state index contributed by atoms with van der Waals surface area (Å²) in [6, 6.07) is 6.24. The van der Waals surface area contributed by atoms with Gasteiger partial charge in [0, 0.05) is 31.7 Å². The molecule has 0 saturated heterocycles. The Labute approximate surface area is 157 Å². The minimum atomic E-state index is -3.55. The highest BCUT2D eigenvalue weighted by Gasteiger charge is 2.29. The molecule has 0 heterocycles. The van der Waals surface area contributed by atoms with Crippen LogP contribution >= 0.6 is 0 Å². The number of hydrogen-bond acceptors (Lipinski definition) is 3. The Kier molecular flexibility index (Phi) is 7.17. The summed E-state index contributed by atoms with van der Waals surface area (Å²) in [4.78, 5) is 14.4. The van der Waals surface area contributed by atoms with Gasteiger partial charge in [-0.15, -0.1) is 13.2 Å². The van der Waals surface area contributed by atoms with Gasteiger partial charge in [-0.3, -0.25) is 4.79 Å². The molecule has 1 fully saturated rings. The maximum Gasteiger partial charge on any atom is 0.254 e. The minimum absolute atomic E-state index is 0.0609. The molecular weight excluding hydrogens is 348 g/mol. The van der Waals surface area contributed by atoms with Crippen LogP contribution in [0.1, 0.15) is 42.5 Å². The Morgan fingerprint density at radius 3 is 2.12 bits per heavy atom. The fraction of sp³-hybridized carbons (Fsp3) is 0.450. The molecule has 0 aliphatic heterocycles. The van der Waals surface area contributed by atoms with Gasteiger partial charge < -0.3 is 4.90 Å². The molecule has 0 N–H and O–H groups in total. The molecule has 0 atom stereocenters. The van der Waals surface area contributed by atoms with Crippen molar-refractivity contribution in [2.45, 2.75) is 43.0 Å². The molecule has 0 radical (unpaired) electrons. The molecule has 5 nitrogen and oxygen atoms in total. The topological polar surface area (TPSA) is 57.7 Å². The van der Waals surface area contributed by atoms with E-state index in [4.69, 9.17) is 0 Å². The number of carbonyl (C=O) groups excluding carboxylic acids is 1. The van der Waals surface area contributed by atoms with Crippen molar-refractivity contribution in [1.29, 1.82) is 0 Å². The molecule has 1 amide bonds. The smallest absolute Gasteiger partial charge is 0.254 e. The summed E-state index contributed by atoms with van der Waals surface area (Å²) in [7, 11) is -1.89. The predicted molar refractivity (Wildman–Crippen MR) is 105 cm³/mol.